The van der Waals surface area contributed by atoms with Crippen LogP contribution in [0.3, 0.4) is 0 Å². The highest BCUT2D eigenvalue weighted by molar-refractivity contribution is 5.82. The van der Waals surface area contributed by atoms with E-state index >= 15 is 0 Å². The van der Waals surface area contributed by atoms with E-state index < -0.39 is 5.41 Å². The zero-order valence-corrected chi connectivity index (χ0v) is 12.4. The van der Waals surface area contributed by atoms with Crippen LogP contribution < -0.4 is 5.32 Å². The molecule has 0 saturated carbocycles. The minimum atomic E-state index is -0.557. The first-order chi connectivity index (χ1) is 8.92. The lowest BCUT2D eigenvalue weighted by molar-refractivity contribution is -0.132. The Morgan fingerprint density at radius 1 is 1.58 bits per heavy atom. The van der Waals surface area contributed by atoms with Crippen molar-refractivity contribution in [3.63, 3.8) is 0 Å². The van der Waals surface area contributed by atoms with Crippen LogP contribution >= 0.6 is 0 Å². The molecular weight excluding hydrogens is 244 g/mol. The molecule has 0 bridgehead atoms. The van der Waals surface area contributed by atoms with E-state index in [1.165, 1.54) is 6.33 Å². The Morgan fingerprint density at radius 3 is 2.84 bits per heavy atom. The number of methoxy groups -OCH3 is 1. The molecule has 0 saturated heterocycles. The van der Waals surface area contributed by atoms with Crippen molar-refractivity contribution in [2.75, 3.05) is 13.7 Å². The number of aryl methyl sites for hydroxylation is 1. The third-order valence-electron chi connectivity index (χ3n) is 2.94. The molecule has 108 valence electrons. The Morgan fingerprint density at radius 2 is 2.26 bits per heavy atom. The third kappa shape index (κ3) is 4.02. The van der Waals surface area contributed by atoms with Gasteiger partial charge in [-0.2, -0.15) is 5.10 Å². The molecule has 1 amide bonds. The van der Waals surface area contributed by atoms with Gasteiger partial charge in [-0.05, 0) is 27.2 Å². The second-order valence-electron chi connectivity index (χ2n) is 5.35. The summed E-state index contributed by atoms with van der Waals surface area (Å²) in [7, 11) is 1.59. The largest absolute Gasteiger partial charge is 0.384 e. The summed E-state index contributed by atoms with van der Waals surface area (Å²) in [6, 6.07) is -0.169. The zero-order chi connectivity index (χ0) is 14.5. The Hall–Kier alpha value is -1.43. The second kappa shape index (κ2) is 6.65. The monoisotopic (exact) mass is 268 g/mol. The summed E-state index contributed by atoms with van der Waals surface area (Å²) < 4.78 is 6.90. The predicted molar refractivity (Wildman–Crippen MR) is 72.5 cm³/mol. The van der Waals surface area contributed by atoms with Crippen molar-refractivity contribution < 1.29 is 9.53 Å². The molecule has 6 nitrogen and oxygen atoms in total. The smallest absolute Gasteiger partial charge is 0.228 e. The van der Waals surface area contributed by atoms with Crippen LogP contribution in [0.1, 0.15) is 46.0 Å². The van der Waals surface area contributed by atoms with Crippen LogP contribution in [0.2, 0.25) is 0 Å². The van der Waals surface area contributed by atoms with Crippen LogP contribution in [0.15, 0.2) is 6.33 Å². The maximum atomic E-state index is 12.2. The van der Waals surface area contributed by atoms with Gasteiger partial charge in [-0.3, -0.25) is 4.79 Å². The van der Waals surface area contributed by atoms with Crippen molar-refractivity contribution in [3.05, 3.63) is 12.2 Å². The van der Waals surface area contributed by atoms with Crippen molar-refractivity contribution in [3.8, 4) is 0 Å². The van der Waals surface area contributed by atoms with Crippen molar-refractivity contribution in [1.82, 2.24) is 20.1 Å². The van der Waals surface area contributed by atoms with Crippen molar-refractivity contribution >= 4 is 5.91 Å². The number of ether oxygens (including phenoxy) is 1. The van der Waals surface area contributed by atoms with Gasteiger partial charge in [0.15, 0.2) is 0 Å². The molecule has 0 aliphatic carbocycles. The average molecular weight is 268 g/mol. The van der Waals surface area contributed by atoms with Gasteiger partial charge in [0.05, 0.1) is 18.1 Å². The quantitative estimate of drug-likeness (QED) is 0.814. The van der Waals surface area contributed by atoms with E-state index in [9.17, 15) is 4.79 Å². The van der Waals surface area contributed by atoms with Crippen LogP contribution in [0.5, 0.6) is 0 Å². The molecule has 19 heavy (non-hydrogen) atoms. The number of carbonyl (C=O) groups is 1. The Bertz CT molecular complexity index is 415. The molecule has 0 radical (unpaired) electrons. The van der Waals surface area contributed by atoms with Gasteiger partial charge in [-0.1, -0.05) is 6.92 Å². The molecule has 1 unspecified atom stereocenters. The molecule has 0 aliphatic rings. The van der Waals surface area contributed by atoms with E-state index in [0.717, 1.165) is 18.8 Å². The lowest BCUT2D eigenvalue weighted by Gasteiger charge is -2.25. The van der Waals surface area contributed by atoms with Crippen LogP contribution in [-0.2, 0) is 16.1 Å². The molecule has 1 heterocycles. The summed E-state index contributed by atoms with van der Waals surface area (Å²) in [5.41, 5.74) is -0.557. The topological polar surface area (TPSA) is 69.0 Å². The van der Waals surface area contributed by atoms with Gasteiger partial charge in [0, 0.05) is 13.7 Å². The summed E-state index contributed by atoms with van der Waals surface area (Å²) in [5.74, 6) is 0.733. The van der Waals surface area contributed by atoms with Gasteiger partial charge in [-0.25, -0.2) is 9.67 Å². The lowest BCUT2D eigenvalue weighted by Crippen LogP contribution is -2.41. The SMILES string of the molecule is CCCn1ncnc1C(C)NC(=O)C(C)(C)COC. The zero-order valence-electron chi connectivity index (χ0n) is 12.4. The fourth-order valence-corrected chi connectivity index (χ4v) is 1.88. The first-order valence-electron chi connectivity index (χ1n) is 6.60. The maximum absolute atomic E-state index is 12.2. The van der Waals surface area contributed by atoms with Gasteiger partial charge in [0.2, 0.25) is 5.91 Å². The second-order valence-corrected chi connectivity index (χ2v) is 5.35. The number of nitrogens with one attached hydrogen (secondary N) is 1. The number of rotatable bonds is 7. The Labute approximate surface area is 114 Å². The molecule has 0 fully saturated rings. The Kier molecular flexibility index (Phi) is 5.47. The molecule has 0 aliphatic heterocycles. The van der Waals surface area contributed by atoms with Crippen LogP contribution in [0, 0.1) is 5.41 Å². The normalized spacial score (nSPS) is 13.3. The van der Waals surface area contributed by atoms with Crippen molar-refractivity contribution in [2.24, 2.45) is 5.41 Å². The standard InChI is InChI=1S/C13H24N4O2/c1-6-7-17-11(14-9-15-17)10(2)16-12(18)13(3,4)8-19-5/h9-10H,6-8H2,1-5H3,(H,16,18). The third-order valence-corrected chi connectivity index (χ3v) is 2.94. The van der Waals surface area contributed by atoms with E-state index in [-0.39, 0.29) is 11.9 Å². The summed E-state index contributed by atoms with van der Waals surface area (Å²) in [6.45, 7) is 8.89. The van der Waals surface area contributed by atoms with Gasteiger partial charge < -0.3 is 10.1 Å². The van der Waals surface area contributed by atoms with Gasteiger partial charge in [0.25, 0.3) is 0 Å². The number of aromatic nitrogens is 3. The van der Waals surface area contributed by atoms with Gasteiger partial charge in [0.1, 0.15) is 12.2 Å². The number of carbonyl (C=O) groups excluding carboxylic acids is 1. The Balaban J connectivity index is 2.71. The number of hydrogen-bond donors (Lipinski definition) is 1. The molecule has 6 heteroatoms. The minimum Gasteiger partial charge on any atom is -0.384 e. The molecule has 0 aromatic carbocycles. The fourth-order valence-electron chi connectivity index (χ4n) is 1.88. The van der Waals surface area contributed by atoms with E-state index in [0.29, 0.717) is 6.61 Å². The summed E-state index contributed by atoms with van der Waals surface area (Å²) in [5, 5.41) is 7.13. The number of hydrogen-bond acceptors (Lipinski definition) is 4. The summed E-state index contributed by atoms with van der Waals surface area (Å²) >= 11 is 0. The van der Waals surface area contributed by atoms with Crippen LogP contribution in [-0.4, -0.2) is 34.4 Å². The van der Waals surface area contributed by atoms with E-state index in [4.69, 9.17) is 4.74 Å². The molecule has 0 spiro atoms. The molecule has 1 rings (SSSR count). The van der Waals surface area contributed by atoms with E-state index in [1.54, 1.807) is 7.11 Å². The fraction of sp³-hybridized carbons (Fsp3) is 0.769. The van der Waals surface area contributed by atoms with Crippen molar-refractivity contribution in [2.45, 2.75) is 46.7 Å². The lowest BCUT2D eigenvalue weighted by atomic mass is 9.93. The van der Waals surface area contributed by atoms with E-state index in [2.05, 4.69) is 22.3 Å². The molecular formula is C13H24N4O2. The molecule has 1 aromatic rings. The van der Waals surface area contributed by atoms with Crippen LogP contribution in [0.25, 0.3) is 0 Å². The average Bonchev–Trinajstić information content (AvgIpc) is 2.77. The predicted octanol–water partition coefficient (Wildman–Crippen LogP) is 1.54. The van der Waals surface area contributed by atoms with Crippen molar-refractivity contribution in [1.29, 1.82) is 0 Å². The van der Waals surface area contributed by atoms with Crippen LogP contribution in [0.4, 0.5) is 0 Å². The molecule has 1 atom stereocenters. The summed E-state index contributed by atoms with van der Waals surface area (Å²) in [4.78, 5) is 16.4. The summed E-state index contributed by atoms with van der Waals surface area (Å²) in [6.07, 6.45) is 2.50. The maximum Gasteiger partial charge on any atom is 0.228 e. The highest BCUT2D eigenvalue weighted by atomic mass is 16.5. The van der Waals surface area contributed by atoms with Gasteiger partial charge in [-0.15, -0.1) is 0 Å². The first kappa shape index (κ1) is 15.6. The molecule has 1 aromatic heterocycles. The number of amides is 1. The van der Waals surface area contributed by atoms with E-state index in [1.807, 2.05) is 25.5 Å². The number of nitrogens with zero attached hydrogens (tertiary/aromatic N) is 3. The van der Waals surface area contributed by atoms with Gasteiger partial charge >= 0.3 is 0 Å². The highest BCUT2D eigenvalue weighted by Crippen LogP contribution is 2.18. The highest BCUT2D eigenvalue weighted by Gasteiger charge is 2.29. The first-order valence-corrected chi connectivity index (χ1v) is 6.60. The molecule has 1 N–H and O–H groups in total. The minimum absolute atomic E-state index is 0.0482.